The van der Waals surface area contributed by atoms with Crippen molar-refractivity contribution in [2.24, 2.45) is 11.8 Å². The Morgan fingerprint density at radius 3 is 2.62 bits per heavy atom. The second-order valence-corrected chi connectivity index (χ2v) is 6.06. The highest BCUT2D eigenvalue weighted by Gasteiger charge is 2.48. The fourth-order valence-corrected chi connectivity index (χ4v) is 3.72. The molecule has 4 atom stereocenters. The number of nitrogens with two attached hydrogens (primary N) is 1. The first-order valence-corrected chi connectivity index (χ1v) is 7.61. The lowest BCUT2D eigenvalue weighted by atomic mass is 9.89. The lowest BCUT2D eigenvalue weighted by molar-refractivity contribution is 0.285. The quantitative estimate of drug-likeness (QED) is 0.669. The van der Waals surface area contributed by atoms with E-state index in [9.17, 15) is 0 Å². The molecule has 4 rings (SSSR count). The summed E-state index contributed by atoms with van der Waals surface area (Å²) in [5.41, 5.74) is 5.78. The summed E-state index contributed by atoms with van der Waals surface area (Å²) in [6, 6.07) is 19.3. The van der Waals surface area contributed by atoms with E-state index < -0.39 is 0 Å². The number of para-hydroxylation sites is 1. The first-order chi connectivity index (χ1) is 10.4. The van der Waals surface area contributed by atoms with E-state index in [-0.39, 0.29) is 6.04 Å². The summed E-state index contributed by atoms with van der Waals surface area (Å²) in [6.07, 6.45) is 1.21. The zero-order valence-corrected chi connectivity index (χ0v) is 11.9. The predicted octanol–water partition coefficient (Wildman–Crippen LogP) is 2.80. The molecule has 1 aliphatic carbocycles. The van der Waals surface area contributed by atoms with Crippen molar-refractivity contribution in [1.82, 2.24) is 5.43 Å². The number of rotatable bonds is 4. The van der Waals surface area contributed by atoms with Crippen molar-refractivity contribution < 1.29 is 4.74 Å². The van der Waals surface area contributed by atoms with Crippen molar-refractivity contribution in [2.45, 2.75) is 24.3 Å². The summed E-state index contributed by atoms with van der Waals surface area (Å²) in [6.45, 7) is 0.728. The number of nitrogens with one attached hydrogen (secondary N) is 1. The minimum atomic E-state index is 0.277. The van der Waals surface area contributed by atoms with E-state index >= 15 is 0 Å². The second-order valence-electron chi connectivity index (χ2n) is 6.06. The fraction of sp³-hybridized carbons (Fsp3) is 0.333. The minimum Gasteiger partial charge on any atom is -0.493 e. The Hall–Kier alpha value is -1.84. The van der Waals surface area contributed by atoms with Crippen LogP contribution in [-0.4, -0.2) is 12.6 Å². The molecular weight excluding hydrogens is 260 g/mol. The van der Waals surface area contributed by atoms with Crippen molar-refractivity contribution in [1.29, 1.82) is 0 Å². The van der Waals surface area contributed by atoms with Crippen LogP contribution in [0.2, 0.25) is 0 Å². The van der Waals surface area contributed by atoms with Crippen LogP contribution < -0.4 is 16.0 Å². The lowest BCUT2D eigenvalue weighted by Gasteiger charge is -2.22. The van der Waals surface area contributed by atoms with Crippen LogP contribution >= 0.6 is 0 Å². The monoisotopic (exact) mass is 280 g/mol. The molecule has 4 unspecified atom stereocenters. The number of hydrazine groups is 1. The van der Waals surface area contributed by atoms with Gasteiger partial charge in [0, 0.05) is 17.5 Å². The highest BCUT2D eigenvalue weighted by atomic mass is 16.5. The largest absolute Gasteiger partial charge is 0.493 e. The summed E-state index contributed by atoms with van der Waals surface area (Å²) >= 11 is 0. The normalized spacial score (nSPS) is 27.8. The van der Waals surface area contributed by atoms with Gasteiger partial charge in [-0.05, 0) is 29.9 Å². The van der Waals surface area contributed by atoms with E-state index in [0.29, 0.717) is 17.8 Å². The maximum atomic E-state index is 5.89. The first kappa shape index (κ1) is 12.9. The van der Waals surface area contributed by atoms with Gasteiger partial charge in [0.15, 0.2) is 0 Å². The number of benzene rings is 2. The highest BCUT2D eigenvalue weighted by Crippen LogP contribution is 2.53. The van der Waals surface area contributed by atoms with Gasteiger partial charge >= 0.3 is 0 Å². The molecule has 2 aliphatic rings. The Balaban J connectivity index is 1.55. The predicted molar refractivity (Wildman–Crippen MR) is 83.1 cm³/mol. The SMILES string of the molecule is NNC(C1COc2ccccc21)C1CC1c1ccccc1. The molecule has 2 aromatic rings. The van der Waals surface area contributed by atoms with Crippen LogP contribution in [0.4, 0.5) is 0 Å². The molecule has 0 radical (unpaired) electrons. The first-order valence-electron chi connectivity index (χ1n) is 7.61. The zero-order valence-electron chi connectivity index (χ0n) is 11.9. The van der Waals surface area contributed by atoms with Gasteiger partial charge < -0.3 is 4.74 Å². The molecule has 0 aromatic heterocycles. The van der Waals surface area contributed by atoms with Crippen LogP contribution in [0.25, 0.3) is 0 Å². The van der Waals surface area contributed by atoms with Crippen molar-refractivity contribution in [2.75, 3.05) is 6.61 Å². The molecule has 0 amide bonds. The molecule has 3 nitrogen and oxygen atoms in total. The van der Waals surface area contributed by atoms with Crippen LogP contribution in [-0.2, 0) is 0 Å². The zero-order chi connectivity index (χ0) is 14.2. The molecule has 1 fully saturated rings. The molecule has 1 aliphatic heterocycles. The van der Waals surface area contributed by atoms with Crippen LogP contribution in [0.1, 0.15) is 29.4 Å². The van der Waals surface area contributed by atoms with Gasteiger partial charge in [-0.3, -0.25) is 11.3 Å². The van der Waals surface area contributed by atoms with E-state index in [0.717, 1.165) is 12.4 Å². The lowest BCUT2D eigenvalue weighted by Crippen LogP contribution is -2.42. The molecule has 0 spiro atoms. The third-order valence-corrected chi connectivity index (χ3v) is 4.89. The van der Waals surface area contributed by atoms with E-state index in [2.05, 4.69) is 47.9 Å². The number of ether oxygens (including phenoxy) is 1. The van der Waals surface area contributed by atoms with Gasteiger partial charge in [0.1, 0.15) is 5.75 Å². The Morgan fingerprint density at radius 2 is 1.81 bits per heavy atom. The van der Waals surface area contributed by atoms with Crippen LogP contribution in [0, 0.1) is 5.92 Å². The summed E-state index contributed by atoms with van der Waals surface area (Å²) < 4.78 is 5.82. The third kappa shape index (κ3) is 2.23. The van der Waals surface area contributed by atoms with Crippen LogP contribution in [0.5, 0.6) is 5.75 Å². The molecule has 0 saturated heterocycles. The molecule has 108 valence electrons. The topological polar surface area (TPSA) is 47.3 Å². The molecule has 1 heterocycles. The maximum absolute atomic E-state index is 5.89. The van der Waals surface area contributed by atoms with Gasteiger partial charge in [0.25, 0.3) is 0 Å². The van der Waals surface area contributed by atoms with Crippen molar-refractivity contribution in [3.63, 3.8) is 0 Å². The van der Waals surface area contributed by atoms with Gasteiger partial charge in [-0.2, -0.15) is 0 Å². The third-order valence-electron chi connectivity index (χ3n) is 4.89. The molecule has 3 N–H and O–H groups in total. The van der Waals surface area contributed by atoms with Crippen LogP contribution in [0.15, 0.2) is 54.6 Å². The van der Waals surface area contributed by atoms with Crippen molar-refractivity contribution >= 4 is 0 Å². The summed E-state index contributed by atoms with van der Waals surface area (Å²) in [4.78, 5) is 0. The molecule has 3 heteroatoms. The Morgan fingerprint density at radius 1 is 1.05 bits per heavy atom. The Kier molecular flexibility index (Phi) is 3.17. The van der Waals surface area contributed by atoms with Gasteiger partial charge in [-0.25, -0.2) is 0 Å². The average molecular weight is 280 g/mol. The Labute approximate surface area is 125 Å². The number of fused-ring (bicyclic) bond motifs is 1. The van der Waals surface area contributed by atoms with E-state index in [4.69, 9.17) is 10.6 Å². The molecule has 21 heavy (non-hydrogen) atoms. The van der Waals surface area contributed by atoms with Crippen molar-refractivity contribution in [3.05, 3.63) is 65.7 Å². The molecular formula is C18H20N2O. The molecule has 0 bridgehead atoms. The Bertz CT molecular complexity index is 628. The van der Waals surface area contributed by atoms with E-state index in [1.54, 1.807) is 0 Å². The van der Waals surface area contributed by atoms with Crippen molar-refractivity contribution in [3.8, 4) is 5.75 Å². The molecule has 2 aromatic carbocycles. The maximum Gasteiger partial charge on any atom is 0.122 e. The second kappa shape index (κ2) is 5.17. The van der Waals surface area contributed by atoms with Gasteiger partial charge in [0.2, 0.25) is 0 Å². The van der Waals surface area contributed by atoms with Gasteiger partial charge in [0.05, 0.1) is 6.61 Å². The number of hydrogen-bond donors (Lipinski definition) is 2. The summed E-state index contributed by atoms with van der Waals surface area (Å²) in [5.74, 6) is 8.47. The standard InChI is InChI=1S/C18H20N2O/c19-20-18(15-10-14(15)12-6-2-1-3-7-12)16-11-21-17-9-5-4-8-13(16)17/h1-9,14-16,18,20H,10-11,19H2. The van der Waals surface area contributed by atoms with Crippen LogP contribution in [0.3, 0.4) is 0 Å². The van der Waals surface area contributed by atoms with Gasteiger partial charge in [-0.15, -0.1) is 0 Å². The number of hydrogen-bond acceptors (Lipinski definition) is 3. The molecule has 1 saturated carbocycles. The van der Waals surface area contributed by atoms with E-state index in [1.165, 1.54) is 17.5 Å². The summed E-state index contributed by atoms with van der Waals surface area (Å²) in [7, 11) is 0. The summed E-state index contributed by atoms with van der Waals surface area (Å²) in [5, 5.41) is 0. The average Bonchev–Trinajstić information content (AvgIpc) is 3.22. The van der Waals surface area contributed by atoms with E-state index in [1.807, 2.05) is 12.1 Å². The minimum absolute atomic E-state index is 0.277. The fourth-order valence-electron chi connectivity index (χ4n) is 3.72. The van der Waals surface area contributed by atoms with Gasteiger partial charge in [-0.1, -0.05) is 48.5 Å². The highest BCUT2D eigenvalue weighted by molar-refractivity contribution is 5.41. The smallest absolute Gasteiger partial charge is 0.122 e.